The smallest absolute Gasteiger partial charge is 0.162 e. The van der Waals surface area contributed by atoms with Gasteiger partial charge in [-0.2, -0.15) is 0 Å². The van der Waals surface area contributed by atoms with E-state index in [2.05, 4.69) is 4.98 Å². The van der Waals surface area contributed by atoms with Crippen LogP contribution in [0.2, 0.25) is 0 Å². The maximum Gasteiger partial charge on any atom is 0.162 e. The predicted molar refractivity (Wildman–Crippen MR) is 81.0 cm³/mol. The number of hydrogen-bond donors (Lipinski definition) is 1. The summed E-state index contributed by atoms with van der Waals surface area (Å²) in [6.45, 7) is 3.11. The molecule has 4 nitrogen and oxygen atoms in total. The zero-order valence-electron chi connectivity index (χ0n) is 11.8. The highest BCUT2D eigenvalue weighted by molar-refractivity contribution is 7.99. The second-order valence-electron chi connectivity index (χ2n) is 4.87. The summed E-state index contributed by atoms with van der Waals surface area (Å²) in [5.41, 5.74) is 0.818. The average molecular weight is 303 g/mol. The summed E-state index contributed by atoms with van der Waals surface area (Å²) in [6, 6.07) is 9.73. The Kier molecular flexibility index (Phi) is 4.31. The SMILES string of the molecule is CC(O)c1ccc(Sc2ccc3c(c2)OCCCO3)nc1. The molecule has 110 valence electrons. The van der Waals surface area contributed by atoms with Crippen molar-refractivity contribution in [3.05, 3.63) is 42.1 Å². The molecule has 0 aliphatic carbocycles. The predicted octanol–water partition coefficient (Wildman–Crippen LogP) is 3.45. The molecule has 3 rings (SSSR count). The molecule has 0 saturated carbocycles. The monoisotopic (exact) mass is 303 g/mol. The van der Waals surface area contributed by atoms with Crippen LogP contribution in [0.3, 0.4) is 0 Å². The minimum Gasteiger partial charge on any atom is -0.490 e. The summed E-state index contributed by atoms with van der Waals surface area (Å²) < 4.78 is 11.3. The van der Waals surface area contributed by atoms with Gasteiger partial charge < -0.3 is 14.6 Å². The Hall–Kier alpha value is -1.72. The highest BCUT2D eigenvalue weighted by Crippen LogP contribution is 2.36. The Morgan fingerprint density at radius 2 is 1.95 bits per heavy atom. The summed E-state index contributed by atoms with van der Waals surface area (Å²) in [6.07, 6.45) is 2.12. The van der Waals surface area contributed by atoms with Crippen LogP contribution in [0.5, 0.6) is 11.5 Å². The van der Waals surface area contributed by atoms with E-state index in [9.17, 15) is 5.11 Å². The van der Waals surface area contributed by atoms with Crippen LogP contribution in [0.15, 0.2) is 46.5 Å². The van der Waals surface area contributed by atoms with E-state index in [1.165, 1.54) is 0 Å². The number of ether oxygens (including phenoxy) is 2. The molecule has 1 aromatic heterocycles. The quantitative estimate of drug-likeness (QED) is 0.941. The number of fused-ring (bicyclic) bond motifs is 1. The van der Waals surface area contributed by atoms with Crippen molar-refractivity contribution in [1.82, 2.24) is 4.98 Å². The first kappa shape index (κ1) is 14.2. The fourth-order valence-corrected chi connectivity index (χ4v) is 2.81. The number of hydrogen-bond acceptors (Lipinski definition) is 5. The maximum atomic E-state index is 9.49. The number of benzene rings is 1. The van der Waals surface area contributed by atoms with Gasteiger partial charge >= 0.3 is 0 Å². The first-order valence-electron chi connectivity index (χ1n) is 6.94. The topological polar surface area (TPSA) is 51.6 Å². The number of nitrogens with zero attached hydrogens (tertiary/aromatic N) is 1. The van der Waals surface area contributed by atoms with Crippen LogP contribution in [0, 0.1) is 0 Å². The van der Waals surface area contributed by atoms with E-state index < -0.39 is 6.10 Å². The van der Waals surface area contributed by atoms with E-state index in [0.717, 1.165) is 33.4 Å². The summed E-state index contributed by atoms with van der Waals surface area (Å²) in [4.78, 5) is 5.41. The molecule has 0 radical (unpaired) electrons. The lowest BCUT2D eigenvalue weighted by Gasteiger charge is -2.09. The van der Waals surface area contributed by atoms with Crippen molar-refractivity contribution in [2.45, 2.75) is 29.4 Å². The summed E-state index contributed by atoms with van der Waals surface area (Å²) >= 11 is 1.56. The van der Waals surface area contributed by atoms with E-state index in [-0.39, 0.29) is 0 Å². The Morgan fingerprint density at radius 3 is 2.67 bits per heavy atom. The molecule has 5 heteroatoms. The summed E-state index contributed by atoms with van der Waals surface area (Å²) in [5.74, 6) is 1.59. The van der Waals surface area contributed by atoms with Gasteiger partial charge in [-0.3, -0.25) is 0 Å². The van der Waals surface area contributed by atoms with E-state index in [1.54, 1.807) is 24.9 Å². The van der Waals surface area contributed by atoms with Crippen LogP contribution < -0.4 is 9.47 Å². The Morgan fingerprint density at radius 1 is 1.14 bits per heavy atom. The van der Waals surface area contributed by atoms with Crippen LogP contribution in [0.4, 0.5) is 0 Å². The lowest BCUT2D eigenvalue weighted by atomic mass is 10.2. The molecule has 2 aromatic rings. The molecule has 2 heterocycles. The molecule has 1 N–H and O–H groups in total. The standard InChI is InChI=1S/C16H17NO3S/c1-11(18)12-3-6-16(17-10-12)21-13-4-5-14-15(9-13)20-8-2-7-19-14/h3-6,9-11,18H,2,7-8H2,1H3. The molecular weight excluding hydrogens is 286 g/mol. The van der Waals surface area contributed by atoms with Crippen LogP contribution in [-0.2, 0) is 0 Å². The molecule has 0 amide bonds. The second-order valence-corrected chi connectivity index (χ2v) is 5.96. The average Bonchev–Trinajstić information content (AvgIpc) is 2.72. The number of rotatable bonds is 3. The molecule has 0 bridgehead atoms. The molecule has 1 atom stereocenters. The van der Waals surface area contributed by atoms with Crippen molar-refractivity contribution >= 4 is 11.8 Å². The molecule has 1 aromatic carbocycles. The maximum absolute atomic E-state index is 9.49. The molecule has 0 saturated heterocycles. The van der Waals surface area contributed by atoms with Gasteiger partial charge in [0, 0.05) is 17.5 Å². The number of aliphatic hydroxyl groups is 1. The molecule has 21 heavy (non-hydrogen) atoms. The Bertz CT molecular complexity index is 613. The van der Waals surface area contributed by atoms with Crippen molar-refractivity contribution in [3.8, 4) is 11.5 Å². The lowest BCUT2D eigenvalue weighted by Crippen LogP contribution is -1.97. The van der Waals surface area contributed by atoms with Gasteiger partial charge in [-0.25, -0.2) is 4.98 Å². The van der Waals surface area contributed by atoms with Crippen molar-refractivity contribution in [1.29, 1.82) is 0 Å². The third kappa shape index (κ3) is 3.49. The van der Waals surface area contributed by atoms with Crippen LogP contribution >= 0.6 is 11.8 Å². The molecule has 1 aliphatic heterocycles. The molecule has 1 unspecified atom stereocenters. The van der Waals surface area contributed by atoms with Crippen LogP contribution in [0.1, 0.15) is 25.0 Å². The van der Waals surface area contributed by atoms with Gasteiger partial charge in [0.2, 0.25) is 0 Å². The van der Waals surface area contributed by atoms with Gasteiger partial charge in [0.15, 0.2) is 11.5 Å². The van der Waals surface area contributed by atoms with Crippen molar-refractivity contribution in [3.63, 3.8) is 0 Å². The van der Waals surface area contributed by atoms with Gasteiger partial charge in [0.1, 0.15) is 5.03 Å². The highest BCUT2D eigenvalue weighted by Gasteiger charge is 2.11. The second kappa shape index (κ2) is 6.37. The summed E-state index contributed by atoms with van der Waals surface area (Å²) in [7, 11) is 0. The number of pyridine rings is 1. The van der Waals surface area contributed by atoms with Gasteiger partial charge in [0.05, 0.1) is 19.3 Å². The molecule has 0 fully saturated rings. The third-order valence-electron chi connectivity index (χ3n) is 3.18. The first-order valence-corrected chi connectivity index (χ1v) is 7.75. The molecular formula is C16H17NO3S. The fourth-order valence-electron chi connectivity index (χ4n) is 2.03. The van der Waals surface area contributed by atoms with Gasteiger partial charge in [-0.1, -0.05) is 17.8 Å². The number of aromatic nitrogens is 1. The summed E-state index contributed by atoms with van der Waals surface area (Å²) in [5, 5.41) is 10.4. The van der Waals surface area contributed by atoms with E-state index in [0.29, 0.717) is 13.2 Å². The van der Waals surface area contributed by atoms with Crippen LogP contribution in [0.25, 0.3) is 0 Å². The Balaban J connectivity index is 1.77. The van der Waals surface area contributed by atoms with Crippen molar-refractivity contribution in [2.24, 2.45) is 0 Å². The first-order chi connectivity index (χ1) is 10.2. The van der Waals surface area contributed by atoms with Crippen LogP contribution in [-0.4, -0.2) is 23.3 Å². The zero-order chi connectivity index (χ0) is 14.7. The van der Waals surface area contributed by atoms with Gasteiger partial charge in [-0.15, -0.1) is 0 Å². The molecule has 1 aliphatic rings. The van der Waals surface area contributed by atoms with Crippen molar-refractivity contribution < 1.29 is 14.6 Å². The zero-order valence-corrected chi connectivity index (χ0v) is 12.6. The van der Waals surface area contributed by atoms with E-state index >= 15 is 0 Å². The number of aliphatic hydroxyl groups excluding tert-OH is 1. The fraction of sp³-hybridized carbons (Fsp3) is 0.312. The normalized spacial score (nSPS) is 15.3. The van der Waals surface area contributed by atoms with E-state index in [4.69, 9.17) is 9.47 Å². The van der Waals surface area contributed by atoms with Crippen molar-refractivity contribution in [2.75, 3.05) is 13.2 Å². The largest absolute Gasteiger partial charge is 0.490 e. The van der Waals surface area contributed by atoms with Gasteiger partial charge in [-0.05, 0) is 36.8 Å². The minimum atomic E-state index is -0.491. The van der Waals surface area contributed by atoms with Gasteiger partial charge in [0.25, 0.3) is 0 Å². The third-order valence-corrected chi connectivity index (χ3v) is 4.12. The highest BCUT2D eigenvalue weighted by atomic mass is 32.2. The lowest BCUT2D eigenvalue weighted by molar-refractivity contribution is 0.198. The Labute approximate surface area is 128 Å². The minimum absolute atomic E-state index is 0.491. The molecule has 0 spiro atoms. The van der Waals surface area contributed by atoms with E-state index in [1.807, 2.05) is 30.3 Å².